The van der Waals surface area contributed by atoms with E-state index in [9.17, 15) is 19.2 Å². The standard InChI is InChI=1S/C17H17N3O5/c1-3-8-20-15(22)13(14(21)19-17(20)25)12(4-2)18-11-7-5-6-10(9-11)16(23)24/h3-7,9,13,18H,1,8H2,2H3,(H,23,24)(H,19,21,25)/b12-4+/t13-/m1/s1. The quantitative estimate of drug-likeness (QED) is 0.533. The summed E-state index contributed by atoms with van der Waals surface area (Å²) in [5.41, 5.74) is 0.704. The van der Waals surface area contributed by atoms with E-state index < -0.39 is 29.7 Å². The van der Waals surface area contributed by atoms with Gasteiger partial charge in [0.25, 0.3) is 0 Å². The van der Waals surface area contributed by atoms with Crippen molar-refractivity contribution in [2.45, 2.75) is 6.92 Å². The summed E-state index contributed by atoms with van der Waals surface area (Å²) in [6, 6.07) is 5.15. The molecule has 0 aromatic heterocycles. The Balaban J connectivity index is 2.30. The number of aromatic carboxylic acids is 1. The minimum absolute atomic E-state index is 0.0278. The van der Waals surface area contributed by atoms with Gasteiger partial charge in [-0.05, 0) is 25.1 Å². The highest BCUT2D eigenvalue weighted by atomic mass is 16.4. The van der Waals surface area contributed by atoms with E-state index >= 15 is 0 Å². The number of carbonyl (C=O) groups is 4. The van der Waals surface area contributed by atoms with E-state index in [1.807, 2.05) is 0 Å². The predicted octanol–water partition coefficient (Wildman–Crippen LogP) is 1.58. The number of nitrogens with zero attached hydrogens (tertiary/aromatic N) is 1. The number of carboxylic acid groups (broad SMARTS) is 1. The first-order valence-corrected chi connectivity index (χ1v) is 7.42. The number of hydrogen-bond donors (Lipinski definition) is 3. The molecule has 1 saturated heterocycles. The third-order valence-corrected chi connectivity index (χ3v) is 3.58. The molecule has 0 aliphatic carbocycles. The van der Waals surface area contributed by atoms with Crippen LogP contribution in [-0.4, -0.2) is 40.4 Å². The van der Waals surface area contributed by atoms with Crippen molar-refractivity contribution in [3.8, 4) is 0 Å². The zero-order chi connectivity index (χ0) is 18.6. The zero-order valence-corrected chi connectivity index (χ0v) is 13.5. The molecule has 1 fully saturated rings. The first-order valence-electron chi connectivity index (χ1n) is 7.42. The van der Waals surface area contributed by atoms with Crippen molar-refractivity contribution in [2.75, 3.05) is 11.9 Å². The van der Waals surface area contributed by atoms with Gasteiger partial charge in [0.05, 0.1) is 5.56 Å². The second kappa shape index (κ2) is 7.43. The molecule has 0 saturated carbocycles. The SMILES string of the molecule is C=CCN1C(=O)NC(=O)[C@@H](/C(=C\C)Nc2cccc(C(=O)O)c2)C1=O. The topological polar surface area (TPSA) is 116 Å². The normalized spacial score (nSPS) is 18.0. The van der Waals surface area contributed by atoms with E-state index in [0.29, 0.717) is 5.69 Å². The smallest absolute Gasteiger partial charge is 0.335 e. The van der Waals surface area contributed by atoms with Gasteiger partial charge < -0.3 is 10.4 Å². The molecule has 1 aliphatic rings. The molecule has 8 nitrogen and oxygen atoms in total. The lowest BCUT2D eigenvalue weighted by Crippen LogP contribution is -2.58. The summed E-state index contributed by atoms with van der Waals surface area (Å²) in [7, 11) is 0. The Morgan fingerprint density at radius 2 is 2.12 bits per heavy atom. The van der Waals surface area contributed by atoms with Crippen LogP contribution in [-0.2, 0) is 9.59 Å². The van der Waals surface area contributed by atoms with Crippen LogP contribution < -0.4 is 10.6 Å². The van der Waals surface area contributed by atoms with Crippen LogP contribution in [0.5, 0.6) is 0 Å². The van der Waals surface area contributed by atoms with Crippen molar-refractivity contribution in [1.29, 1.82) is 0 Å². The highest BCUT2D eigenvalue weighted by Gasteiger charge is 2.42. The molecule has 8 heteroatoms. The second-order valence-corrected chi connectivity index (χ2v) is 5.22. The molecule has 0 bridgehead atoms. The molecule has 1 aliphatic heterocycles. The first kappa shape index (κ1) is 17.9. The molecule has 1 heterocycles. The summed E-state index contributed by atoms with van der Waals surface area (Å²) in [5, 5.41) is 14.1. The fraction of sp³-hybridized carbons (Fsp3) is 0.176. The number of carboxylic acids is 1. The number of amides is 4. The van der Waals surface area contributed by atoms with E-state index in [2.05, 4.69) is 17.2 Å². The molecule has 130 valence electrons. The van der Waals surface area contributed by atoms with Crippen LogP contribution >= 0.6 is 0 Å². The molecule has 2 rings (SSSR count). The van der Waals surface area contributed by atoms with Gasteiger partial charge in [-0.15, -0.1) is 6.58 Å². The minimum atomic E-state index is -1.24. The lowest BCUT2D eigenvalue weighted by atomic mass is 9.99. The van der Waals surface area contributed by atoms with E-state index in [1.165, 1.54) is 30.4 Å². The largest absolute Gasteiger partial charge is 0.478 e. The number of rotatable bonds is 6. The number of allylic oxidation sites excluding steroid dienone is 1. The Morgan fingerprint density at radius 3 is 2.72 bits per heavy atom. The summed E-state index contributed by atoms with van der Waals surface area (Å²) in [4.78, 5) is 48.4. The van der Waals surface area contributed by atoms with Crippen LogP contribution in [0, 0.1) is 5.92 Å². The number of anilines is 1. The van der Waals surface area contributed by atoms with Crippen molar-refractivity contribution >= 4 is 29.5 Å². The van der Waals surface area contributed by atoms with Crippen molar-refractivity contribution in [3.05, 3.63) is 54.3 Å². The Labute approximate surface area is 143 Å². The number of barbiturate groups is 1. The van der Waals surface area contributed by atoms with Gasteiger partial charge >= 0.3 is 12.0 Å². The summed E-state index contributed by atoms with van der Waals surface area (Å²) in [6.07, 6.45) is 2.90. The molecule has 0 unspecified atom stereocenters. The third-order valence-electron chi connectivity index (χ3n) is 3.58. The number of imide groups is 2. The molecule has 1 atom stereocenters. The van der Waals surface area contributed by atoms with Crippen LogP contribution in [0.15, 0.2) is 48.7 Å². The molecule has 0 spiro atoms. The highest BCUT2D eigenvalue weighted by Crippen LogP contribution is 2.22. The van der Waals surface area contributed by atoms with Crippen LogP contribution in [0.1, 0.15) is 17.3 Å². The van der Waals surface area contributed by atoms with Gasteiger partial charge in [-0.25, -0.2) is 9.59 Å². The Bertz CT molecular complexity index is 784. The van der Waals surface area contributed by atoms with Gasteiger partial charge in [0.1, 0.15) is 0 Å². The first-order chi connectivity index (χ1) is 11.9. The summed E-state index contributed by atoms with van der Waals surface area (Å²) in [6.45, 7) is 5.08. The van der Waals surface area contributed by atoms with Crippen molar-refractivity contribution in [3.63, 3.8) is 0 Å². The van der Waals surface area contributed by atoms with Gasteiger partial charge in [-0.3, -0.25) is 19.8 Å². The molecule has 4 amide bonds. The average molecular weight is 343 g/mol. The third kappa shape index (κ3) is 3.74. The highest BCUT2D eigenvalue weighted by molar-refractivity contribution is 6.18. The van der Waals surface area contributed by atoms with Crippen LogP contribution in [0.25, 0.3) is 0 Å². The molecule has 3 N–H and O–H groups in total. The van der Waals surface area contributed by atoms with E-state index in [-0.39, 0.29) is 17.8 Å². The van der Waals surface area contributed by atoms with Crippen LogP contribution in [0.4, 0.5) is 10.5 Å². The van der Waals surface area contributed by atoms with E-state index in [4.69, 9.17) is 5.11 Å². The Hall–Kier alpha value is -3.42. The number of hydrogen-bond acceptors (Lipinski definition) is 5. The number of urea groups is 1. The van der Waals surface area contributed by atoms with Crippen molar-refractivity contribution in [1.82, 2.24) is 10.2 Å². The monoisotopic (exact) mass is 343 g/mol. The number of benzene rings is 1. The summed E-state index contributed by atoms with van der Waals surface area (Å²) in [5.74, 6) is -3.76. The maximum absolute atomic E-state index is 12.5. The molecular weight excluding hydrogens is 326 g/mol. The zero-order valence-electron chi connectivity index (χ0n) is 13.5. The van der Waals surface area contributed by atoms with Crippen molar-refractivity contribution < 1.29 is 24.3 Å². The predicted molar refractivity (Wildman–Crippen MR) is 89.7 cm³/mol. The molecule has 1 aromatic carbocycles. The Kier molecular flexibility index (Phi) is 5.33. The fourth-order valence-electron chi connectivity index (χ4n) is 2.40. The number of nitrogens with one attached hydrogen (secondary N) is 2. The van der Waals surface area contributed by atoms with Gasteiger partial charge in [-0.2, -0.15) is 0 Å². The maximum Gasteiger partial charge on any atom is 0.335 e. The van der Waals surface area contributed by atoms with Crippen molar-refractivity contribution in [2.24, 2.45) is 5.92 Å². The Morgan fingerprint density at radius 1 is 1.40 bits per heavy atom. The number of carbonyl (C=O) groups excluding carboxylic acids is 3. The molecule has 0 radical (unpaired) electrons. The van der Waals surface area contributed by atoms with Gasteiger partial charge in [0.15, 0.2) is 5.92 Å². The van der Waals surface area contributed by atoms with E-state index in [1.54, 1.807) is 13.0 Å². The van der Waals surface area contributed by atoms with Gasteiger partial charge in [0, 0.05) is 17.9 Å². The fourth-order valence-corrected chi connectivity index (χ4v) is 2.40. The summed E-state index contributed by atoms with van der Waals surface area (Å²) < 4.78 is 0. The average Bonchev–Trinajstić information content (AvgIpc) is 2.57. The van der Waals surface area contributed by atoms with Crippen LogP contribution in [0.3, 0.4) is 0 Å². The van der Waals surface area contributed by atoms with Gasteiger partial charge in [-0.1, -0.05) is 18.2 Å². The van der Waals surface area contributed by atoms with Crippen LogP contribution in [0.2, 0.25) is 0 Å². The van der Waals surface area contributed by atoms with E-state index in [0.717, 1.165) is 4.90 Å². The molecular formula is C17H17N3O5. The maximum atomic E-state index is 12.5. The minimum Gasteiger partial charge on any atom is -0.478 e. The lowest BCUT2D eigenvalue weighted by Gasteiger charge is -2.31. The molecule has 25 heavy (non-hydrogen) atoms. The van der Waals surface area contributed by atoms with Gasteiger partial charge in [0.2, 0.25) is 11.8 Å². The summed E-state index contributed by atoms with van der Waals surface area (Å²) >= 11 is 0. The molecule has 1 aromatic rings. The lowest BCUT2D eigenvalue weighted by molar-refractivity contribution is -0.140. The second-order valence-electron chi connectivity index (χ2n) is 5.22.